The number of ether oxygens (including phenoxy) is 1. The van der Waals surface area contributed by atoms with Crippen LogP contribution in [0.15, 0.2) is 18.2 Å². The van der Waals surface area contributed by atoms with Gasteiger partial charge in [0.05, 0.1) is 7.11 Å². The van der Waals surface area contributed by atoms with Gasteiger partial charge in [0.2, 0.25) is 0 Å². The van der Waals surface area contributed by atoms with E-state index in [1.54, 1.807) is 13.8 Å². The quantitative estimate of drug-likeness (QED) is 0.460. The third-order valence-electron chi connectivity index (χ3n) is 2.67. The number of hydrogen-bond donors (Lipinski definition) is 0. The van der Waals surface area contributed by atoms with Gasteiger partial charge in [-0.1, -0.05) is 19.1 Å². The van der Waals surface area contributed by atoms with Crippen LogP contribution in [0, 0.1) is 18.7 Å². The predicted octanol–water partition coefficient (Wildman–Crippen LogP) is 2.52. The highest BCUT2D eigenvalue weighted by Crippen LogP contribution is 2.16. The summed E-state index contributed by atoms with van der Waals surface area (Å²) in [5.41, 5.74) is 0.665. The molecule has 17 heavy (non-hydrogen) atoms. The number of hydrogen-bond acceptors (Lipinski definition) is 3. The number of aryl methyl sites for hydroxylation is 1. The topological polar surface area (TPSA) is 43.4 Å². The SMILES string of the molecule is CCC(C(=O)OC)C(=O)c1ccc(C)c(F)c1. The van der Waals surface area contributed by atoms with Gasteiger partial charge in [-0.3, -0.25) is 9.59 Å². The third kappa shape index (κ3) is 2.90. The molecule has 0 N–H and O–H groups in total. The number of Topliss-reactive ketones (excluding diaryl/α,β-unsaturated/α-hetero) is 1. The van der Waals surface area contributed by atoms with E-state index in [0.717, 1.165) is 6.07 Å². The van der Waals surface area contributed by atoms with Gasteiger partial charge in [-0.2, -0.15) is 0 Å². The Morgan fingerprint density at radius 2 is 2.06 bits per heavy atom. The molecule has 0 spiro atoms. The molecule has 0 saturated heterocycles. The minimum Gasteiger partial charge on any atom is -0.468 e. The Bertz CT molecular complexity index is 440. The van der Waals surface area contributed by atoms with Crippen molar-refractivity contribution >= 4 is 11.8 Å². The lowest BCUT2D eigenvalue weighted by Gasteiger charge is -2.11. The fourth-order valence-corrected chi connectivity index (χ4v) is 1.55. The van der Waals surface area contributed by atoms with Crippen molar-refractivity contribution in [2.45, 2.75) is 20.3 Å². The Kier molecular flexibility index (Phi) is 4.37. The molecule has 0 radical (unpaired) electrons. The second kappa shape index (κ2) is 5.57. The lowest BCUT2D eigenvalue weighted by Crippen LogP contribution is -2.24. The van der Waals surface area contributed by atoms with Crippen molar-refractivity contribution in [2.24, 2.45) is 5.92 Å². The molecular formula is C13H15FO3. The van der Waals surface area contributed by atoms with Crippen LogP contribution >= 0.6 is 0 Å². The number of carbonyl (C=O) groups excluding carboxylic acids is 2. The van der Waals surface area contributed by atoms with Gasteiger partial charge in [0.25, 0.3) is 0 Å². The zero-order chi connectivity index (χ0) is 13.0. The number of halogens is 1. The highest BCUT2D eigenvalue weighted by molar-refractivity contribution is 6.08. The largest absolute Gasteiger partial charge is 0.468 e. The van der Waals surface area contributed by atoms with Gasteiger partial charge in [-0.05, 0) is 25.0 Å². The second-order valence-electron chi connectivity index (χ2n) is 3.81. The van der Waals surface area contributed by atoms with Crippen molar-refractivity contribution in [3.8, 4) is 0 Å². The van der Waals surface area contributed by atoms with Crippen LogP contribution in [0.3, 0.4) is 0 Å². The molecule has 92 valence electrons. The first-order chi connectivity index (χ1) is 8.01. The average molecular weight is 238 g/mol. The van der Waals surface area contributed by atoms with Gasteiger partial charge in [-0.25, -0.2) is 4.39 Å². The van der Waals surface area contributed by atoms with Crippen LogP contribution < -0.4 is 0 Å². The lowest BCUT2D eigenvalue weighted by molar-refractivity contribution is -0.143. The minimum absolute atomic E-state index is 0.199. The zero-order valence-electron chi connectivity index (χ0n) is 10.1. The molecule has 0 heterocycles. The summed E-state index contributed by atoms with van der Waals surface area (Å²) in [6.45, 7) is 3.32. The summed E-state index contributed by atoms with van der Waals surface area (Å²) in [5, 5.41) is 0. The lowest BCUT2D eigenvalue weighted by atomic mass is 9.95. The Morgan fingerprint density at radius 1 is 1.41 bits per heavy atom. The molecule has 0 aromatic heterocycles. The van der Waals surface area contributed by atoms with E-state index >= 15 is 0 Å². The maximum Gasteiger partial charge on any atom is 0.316 e. The summed E-state index contributed by atoms with van der Waals surface area (Å²) in [5.74, 6) is -2.30. The highest BCUT2D eigenvalue weighted by atomic mass is 19.1. The van der Waals surface area contributed by atoms with Crippen LogP contribution in [0.1, 0.15) is 29.3 Å². The molecule has 0 amide bonds. The smallest absolute Gasteiger partial charge is 0.316 e. The number of methoxy groups -OCH3 is 1. The summed E-state index contributed by atoms with van der Waals surface area (Å²) >= 11 is 0. The van der Waals surface area contributed by atoms with E-state index < -0.39 is 23.5 Å². The molecule has 0 aliphatic carbocycles. The van der Waals surface area contributed by atoms with Crippen LogP contribution in [0.4, 0.5) is 4.39 Å². The van der Waals surface area contributed by atoms with Crippen LogP contribution in [0.2, 0.25) is 0 Å². The van der Waals surface area contributed by atoms with E-state index in [9.17, 15) is 14.0 Å². The van der Waals surface area contributed by atoms with Gasteiger partial charge in [-0.15, -0.1) is 0 Å². The summed E-state index contributed by atoms with van der Waals surface area (Å²) < 4.78 is 17.9. The van der Waals surface area contributed by atoms with Crippen molar-refractivity contribution in [1.82, 2.24) is 0 Å². The van der Waals surface area contributed by atoms with E-state index in [-0.39, 0.29) is 5.56 Å². The fraction of sp³-hybridized carbons (Fsp3) is 0.385. The Balaban J connectivity index is 3.02. The molecule has 1 aromatic rings. The average Bonchev–Trinajstić information content (AvgIpc) is 2.33. The van der Waals surface area contributed by atoms with E-state index in [1.807, 2.05) is 0 Å². The van der Waals surface area contributed by atoms with E-state index in [0.29, 0.717) is 12.0 Å². The molecule has 0 saturated carbocycles. The summed E-state index contributed by atoms with van der Waals surface area (Å²) in [4.78, 5) is 23.3. The van der Waals surface area contributed by atoms with E-state index in [4.69, 9.17) is 0 Å². The Hall–Kier alpha value is -1.71. The molecule has 1 rings (SSSR count). The van der Waals surface area contributed by atoms with Gasteiger partial charge in [0.15, 0.2) is 5.78 Å². The van der Waals surface area contributed by atoms with Crippen molar-refractivity contribution in [1.29, 1.82) is 0 Å². The third-order valence-corrected chi connectivity index (χ3v) is 2.67. The van der Waals surface area contributed by atoms with Crippen LogP contribution in [-0.4, -0.2) is 18.9 Å². The second-order valence-corrected chi connectivity index (χ2v) is 3.81. The molecule has 4 heteroatoms. The predicted molar refractivity (Wildman–Crippen MR) is 61.3 cm³/mol. The van der Waals surface area contributed by atoms with Crippen molar-refractivity contribution in [2.75, 3.05) is 7.11 Å². The monoisotopic (exact) mass is 238 g/mol. The zero-order valence-corrected chi connectivity index (χ0v) is 10.1. The number of ketones is 1. The van der Waals surface area contributed by atoms with Crippen molar-refractivity contribution in [3.63, 3.8) is 0 Å². The maximum absolute atomic E-state index is 13.3. The van der Waals surface area contributed by atoms with Gasteiger partial charge < -0.3 is 4.74 Å². The fourth-order valence-electron chi connectivity index (χ4n) is 1.55. The van der Waals surface area contributed by atoms with Crippen LogP contribution in [0.5, 0.6) is 0 Å². The minimum atomic E-state index is -0.859. The van der Waals surface area contributed by atoms with Crippen LogP contribution in [-0.2, 0) is 9.53 Å². The molecule has 0 aliphatic rings. The Morgan fingerprint density at radius 3 is 2.53 bits per heavy atom. The van der Waals surface area contributed by atoms with Gasteiger partial charge in [0.1, 0.15) is 11.7 Å². The number of rotatable bonds is 4. The molecule has 1 unspecified atom stereocenters. The molecule has 3 nitrogen and oxygen atoms in total. The van der Waals surface area contributed by atoms with E-state index in [2.05, 4.69) is 4.74 Å². The molecule has 1 aromatic carbocycles. The number of carbonyl (C=O) groups is 2. The van der Waals surface area contributed by atoms with Crippen LogP contribution in [0.25, 0.3) is 0 Å². The highest BCUT2D eigenvalue weighted by Gasteiger charge is 2.26. The summed E-state index contributed by atoms with van der Waals surface area (Å²) in [6, 6.07) is 4.20. The number of benzene rings is 1. The first kappa shape index (κ1) is 13.4. The molecule has 0 bridgehead atoms. The first-order valence-electron chi connectivity index (χ1n) is 5.39. The molecule has 0 fully saturated rings. The van der Waals surface area contributed by atoms with Crippen molar-refractivity contribution < 1.29 is 18.7 Å². The van der Waals surface area contributed by atoms with Crippen molar-refractivity contribution in [3.05, 3.63) is 35.1 Å². The molecule has 0 aliphatic heterocycles. The van der Waals surface area contributed by atoms with Gasteiger partial charge >= 0.3 is 5.97 Å². The Labute approximate surface area is 99.6 Å². The standard InChI is InChI=1S/C13H15FO3/c1-4-10(13(16)17-3)12(15)9-6-5-8(2)11(14)7-9/h5-7,10H,4H2,1-3H3. The molecule has 1 atom stereocenters. The normalized spacial score (nSPS) is 12.0. The summed E-state index contributed by atoms with van der Waals surface area (Å²) in [6.07, 6.45) is 0.334. The maximum atomic E-state index is 13.3. The number of esters is 1. The first-order valence-corrected chi connectivity index (χ1v) is 5.39. The van der Waals surface area contributed by atoms with Gasteiger partial charge in [0, 0.05) is 5.56 Å². The summed E-state index contributed by atoms with van der Waals surface area (Å²) in [7, 11) is 1.23. The molecular weight excluding hydrogens is 223 g/mol. The van der Waals surface area contributed by atoms with E-state index in [1.165, 1.54) is 19.2 Å².